The van der Waals surface area contributed by atoms with E-state index in [1.807, 2.05) is 25.1 Å². The zero-order valence-electron chi connectivity index (χ0n) is 16.8. The van der Waals surface area contributed by atoms with Crippen LogP contribution >= 0.6 is 0 Å². The van der Waals surface area contributed by atoms with Crippen LogP contribution in [0.5, 0.6) is 5.75 Å². The molecule has 2 N–H and O–H groups in total. The van der Waals surface area contributed by atoms with Crippen LogP contribution in [0.3, 0.4) is 0 Å². The number of carbonyl (C=O) groups is 2. The summed E-state index contributed by atoms with van der Waals surface area (Å²) in [6, 6.07) is 17.3. The van der Waals surface area contributed by atoms with E-state index in [0.717, 1.165) is 26.2 Å². The Labute approximate surface area is 171 Å². The highest BCUT2D eigenvalue weighted by atomic mass is 16.5. The SMILES string of the molecule is CCOc1ccccc1C(=O)NNC(=O)CCN1CCN(c2ccccc2)CC1. The molecular formula is C22H28N4O3. The van der Waals surface area contributed by atoms with Gasteiger partial charge >= 0.3 is 0 Å². The lowest BCUT2D eigenvalue weighted by Gasteiger charge is -2.36. The molecule has 29 heavy (non-hydrogen) atoms. The van der Waals surface area contributed by atoms with E-state index in [1.165, 1.54) is 5.69 Å². The third-order valence-corrected chi connectivity index (χ3v) is 4.90. The summed E-state index contributed by atoms with van der Waals surface area (Å²) < 4.78 is 5.45. The van der Waals surface area contributed by atoms with Crippen LogP contribution < -0.4 is 20.5 Å². The molecule has 0 aliphatic carbocycles. The number of hydrogen-bond acceptors (Lipinski definition) is 5. The zero-order chi connectivity index (χ0) is 20.5. The van der Waals surface area contributed by atoms with E-state index in [2.05, 4.69) is 32.8 Å². The minimum atomic E-state index is -0.390. The number of ether oxygens (including phenoxy) is 1. The van der Waals surface area contributed by atoms with Crippen molar-refractivity contribution in [3.8, 4) is 5.75 Å². The summed E-state index contributed by atoms with van der Waals surface area (Å²) in [5, 5.41) is 0. The number of carbonyl (C=O) groups excluding carboxylic acids is 2. The normalized spacial score (nSPS) is 14.3. The minimum Gasteiger partial charge on any atom is -0.493 e. The monoisotopic (exact) mass is 396 g/mol. The van der Waals surface area contributed by atoms with Crippen molar-refractivity contribution in [1.29, 1.82) is 0 Å². The highest BCUT2D eigenvalue weighted by Crippen LogP contribution is 2.17. The Kier molecular flexibility index (Phi) is 7.47. The Morgan fingerprint density at radius 1 is 0.931 bits per heavy atom. The first-order chi connectivity index (χ1) is 14.2. The highest BCUT2D eigenvalue weighted by Gasteiger charge is 2.18. The standard InChI is InChI=1S/C22H28N4O3/c1-2-29-20-11-7-6-10-19(20)22(28)24-23-21(27)12-13-25-14-16-26(17-15-25)18-8-4-3-5-9-18/h3-11H,2,12-17H2,1H3,(H,23,27)(H,24,28). The molecule has 154 valence electrons. The van der Waals surface area contributed by atoms with E-state index in [4.69, 9.17) is 4.74 Å². The second-order valence-corrected chi connectivity index (χ2v) is 6.85. The fourth-order valence-electron chi connectivity index (χ4n) is 3.32. The fourth-order valence-corrected chi connectivity index (χ4v) is 3.32. The zero-order valence-corrected chi connectivity index (χ0v) is 16.8. The maximum atomic E-state index is 12.3. The van der Waals surface area contributed by atoms with Crippen molar-refractivity contribution in [2.75, 3.05) is 44.2 Å². The van der Waals surface area contributed by atoms with Gasteiger partial charge in [-0.15, -0.1) is 0 Å². The van der Waals surface area contributed by atoms with Crippen molar-refractivity contribution in [2.24, 2.45) is 0 Å². The molecule has 1 saturated heterocycles. The molecule has 7 heteroatoms. The largest absolute Gasteiger partial charge is 0.493 e. The summed E-state index contributed by atoms with van der Waals surface area (Å²) in [5.41, 5.74) is 6.59. The Bertz CT molecular complexity index is 805. The van der Waals surface area contributed by atoms with Gasteiger partial charge in [0.25, 0.3) is 5.91 Å². The van der Waals surface area contributed by atoms with E-state index in [9.17, 15) is 9.59 Å². The van der Waals surface area contributed by atoms with E-state index in [1.54, 1.807) is 24.3 Å². The second-order valence-electron chi connectivity index (χ2n) is 6.85. The van der Waals surface area contributed by atoms with Gasteiger partial charge in [0, 0.05) is 44.8 Å². The Morgan fingerprint density at radius 2 is 1.62 bits per heavy atom. The van der Waals surface area contributed by atoms with E-state index >= 15 is 0 Å². The molecule has 3 rings (SSSR count). The summed E-state index contributed by atoms with van der Waals surface area (Å²) in [5.74, 6) is -0.102. The fraction of sp³-hybridized carbons (Fsp3) is 0.364. The highest BCUT2D eigenvalue weighted by molar-refractivity contribution is 5.97. The number of amides is 2. The van der Waals surface area contributed by atoms with E-state index in [-0.39, 0.29) is 11.8 Å². The van der Waals surface area contributed by atoms with Gasteiger partial charge in [-0.2, -0.15) is 0 Å². The maximum absolute atomic E-state index is 12.3. The van der Waals surface area contributed by atoms with Gasteiger partial charge in [-0.3, -0.25) is 25.3 Å². The number of nitrogens with zero attached hydrogens (tertiary/aromatic N) is 2. The topological polar surface area (TPSA) is 73.9 Å². The molecule has 0 radical (unpaired) electrons. The number of anilines is 1. The molecule has 1 heterocycles. The van der Waals surface area contributed by atoms with Gasteiger partial charge in [0.05, 0.1) is 12.2 Å². The van der Waals surface area contributed by atoms with Crippen LogP contribution in [0.2, 0.25) is 0 Å². The molecule has 0 bridgehead atoms. The molecule has 0 unspecified atom stereocenters. The van der Waals surface area contributed by atoms with Crippen LogP contribution in [-0.2, 0) is 4.79 Å². The summed E-state index contributed by atoms with van der Waals surface area (Å²) in [4.78, 5) is 29.0. The molecule has 0 spiro atoms. The summed E-state index contributed by atoms with van der Waals surface area (Å²) in [7, 11) is 0. The summed E-state index contributed by atoms with van der Waals surface area (Å²) in [6.45, 7) is 6.70. The molecule has 1 aliphatic rings. The summed E-state index contributed by atoms with van der Waals surface area (Å²) in [6.07, 6.45) is 0.332. The number of benzene rings is 2. The lowest BCUT2D eigenvalue weighted by Crippen LogP contribution is -2.48. The van der Waals surface area contributed by atoms with Gasteiger partial charge in [-0.25, -0.2) is 0 Å². The number of para-hydroxylation sites is 2. The van der Waals surface area contributed by atoms with Gasteiger partial charge in [-0.1, -0.05) is 30.3 Å². The average molecular weight is 396 g/mol. The molecule has 1 aliphatic heterocycles. The van der Waals surface area contributed by atoms with E-state index in [0.29, 0.717) is 30.9 Å². The Hall–Kier alpha value is -3.06. The number of nitrogens with one attached hydrogen (secondary N) is 2. The van der Waals surface area contributed by atoms with Crippen molar-refractivity contribution in [3.05, 3.63) is 60.2 Å². The molecular weight excluding hydrogens is 368 g/mol. The smallest absolute Gasteiger partial charge is 0.273 e. The number of rotatable bonds is 7. The number of piperazine rings is 1. The minimum absolute atomic E-state index is 0.210. The molecule has 7 nitrogen and oxygen atoms in total. The first-order valence-corrected chi connectivity index (χ1v) is 10.0. The summed E-state index contributed by atoms with van der Waals surface area (Å²) >= 11 is 0. The Morgan fingerprint density at radius 3 is 2.34 bits per heavy atom. The molecule has 0 aromatic heterocycles. The van der Waals surface area contributed by atoms with Gasteiger partial charge in [0.15, 0.2) is 0 Å². The van der Waals surface area contributed by atoms with Gasteiger partial charge in [0.1, 0.15) is 5.75 Å². The molecule has 0 saturated carbocycles. The number of hydrazine groups is 1. The predicted molar refractivity (Wildman–Crippen MR) is 113 cm³/mol. The van der Waals surface area contributed by atoms with Gasteiger partial charge in [0.2, 0.25) is 5.91 Å². The van der Waals surface area contributed by atoms with Crippen molar-refractivity contribution in [1.82, 2.24) is 15.8 Å². The molecule has 0 atom stereocenters. The van der Waals surface area contributed by atoms with Crippen molar-refractivity contribution >= 4 is 17.5 Å². The van der Waals surface area contributed by atoms with Crippen LogP contribution in [0.1, 0.15) is 23.7 Å². The predicted octanol–water partition coefficient (Wildman–Crippen LogP) is 2.06. The first-order valence-electron chi connectivity index (χ1n) is 10.0. The second kappa shape index (κ2) is 10.5. The Balaban J connectivity index is 1.38. The van der Waals surface area contributed by atoms with Crippen molar-refractivity contribution in [2.45, 2.75) is 13.3 Å². The third-order valence-electron chi connectivity index (χ3n) is 4.90. The molecule has 2 amide bonds. The van der Waals surface area contributed by atoms with E-state index < -0.39 is 0 Å². The quantitative estimate of drug-likeness (QED) is 0.701. The van der Waals surface area contributed by atoms with Gasteiger partial charge < -0.3 is 9.64 Å². The van der Waals surface area contributed by atoms with Crippen molar-refractivity contribution in [3.63, 3.8) is 0 Å². The molecule has 2 aromatic rings. The average Bonchev–Trinajstić information content (AvgIpc) is 2.77. The molecule has 1 fully saturated rings. The number of hydrogen-bond donors (Lipinski definition) is 2. The lowest BCUT2D eigenvalue weighted by molar-refractivity contribution is -0.122. The maximum Gasteiger partial charge on any atom is 0.273 e. The third kappa shape index (κ3) is 5.96. The van der Waals surface area contributed by atoms with Crippen LogP contribution in [-0.4, -0.2) is 56.0 Å². The lowest BCUT2D eigenvalue weighted by atomic mass is 10.2. The van der Waals surface area contributed by atoms with Crippen molar-refractivity contribution < 1.29 is 14.3 Å². The van der Waals surface area contributed by atoms with Crippen LogP contribution in [0.15, 0.2) is 54.6 Å². The van der Waals surface area contributed by atoms with Gasteiger partial charge in [-0.05, 0) is 31.2 Å². The molecule has 2 aromatic carbocycles. The van der Waals surface area contributed by atoms with Crippen LogP contribution in [0, 0.1) is 0 Å². The van der Waals surface area contributed by atoms with Crippen LogP contribution in [0.4, 0.5) is 5.69 Å². The van der Waals surface area contributed by atoms with Crippen LogP contribution in [0.25, 0.3) is 0 Å². The first kappa shape index (κ1) is 20.7.